The zero-order chi connectivity index (χ0) is 14.8. The van der Waals surface area contributed by atoms with Gasteiger partial charge in [0.05, 0.1) is 0 Å². The van der Waals surface area contributed by atoms with Crippen LogP contribution in [0.1, 0.15) is 12.5 Å². The Hall–Kier alpha value is -1.94. The highest BCUT2D eigenvalue weighted by Crippen LogP contribution is 2.23. The number of allylic oxidation sites excluding steroid dienone is 2. The zero-order valence-corrected chi connectivity index (χ0v) is 13.0. The predicted molar refractivity (Wildman–Crippen MR) is 91.9 cm³/mol. The summed E-state index contributed by atoms with van der Waals surface area (Å²) in [5, 5.41) is 0. The summed E-state index contributed by atoms with van der Waals surface area (Å²) in [6, 6.07) is 8.27. The molecule has 1 aliphatic heterocycles. The molecule has 1 aromatic rings. The summed E-state index contributed by atoms with van der Waals surface area (Å²) < 4.78 is 7.62. The third-order valence-electron chi connectivity index (χ3n) is 3.54. The van der Waals surface area contributed by atoms with Crippen molar-refractivity contribution >= 4 is 30.5 Å². The number of anilines is 1. The molecule has 2 unspecified atom stereocenters. The van der Waals surface area contributed by atoms with E-state index in [1.807, 2.05) is 43.5 Å². The van der Waals surface area contributed by atoms with Gasteiger partial charge < -0.3 is 9.04 Å². The first-order valence-electron chi connectivity index (χ1n) is 6.94. The van der Waals surface area contributed by atoms with E-state index in [9.17, 15) is 0 Å². The minimum absolute atomic E-state index is 0.0508. The molecule has 1 aromatic carbocycles. The summed E-state index contributed by atoms with van der Waals surface area (Å²) in [5.41, 5.74) is 3.39. The Kier molecular flexibility index (Phi) is 3.88. The maximum Gasteiger partial charge on any atom is 0.209 e. The number of rotatable bonds is 3. The molecule has 21 heavy (non-hydrogen) atoms. The first-order chi connectivity index (χ1) is 10.1. The van der Waals surface area contributed by atoms with Crippen LogP contribution in [0.25, 0.3) is 6.08 Å². The number of hydrogen-bond donors (Lipinski definition) is 1. The van der Waals surface area contributed by atoms with Crippen molar-refractivity contribution < 1.29 is 4.74 Å². The van der Waals surface area contributed by atoms with Crippen LogP contribution in [0.5, 0.6) is 0 Å². The Bertz CT molecular complexity index is 641. The molecule has 0 amide bonds. The van der Waals surface area contributed by atoms with Gasteiger partial charge in [0.1, 0.15) is 12.1 Å². The van der Waals surface area contributed by atoms with Crippen LogP contribution in [-0.2, 0) is 4.74 Å². The van der Waals surface area contributed by atoms with Gasteiger partial charge in [-0.05, 0) is 36.8 Å². The van der Waals surface area contributed by atoms with Crippen molar-refractivity contribution in [2.24, 2.45) is 4.99 Å². The van der Waals surface area contributed by atoms with Crippen molar-refractivity contribution in [3.63, 3.8) is 0 Å². The van der Waals surface area contributed by atoms with Crippen LogP contribution in [0.4, 0.5) is 5.69 Å². The van der Waals surface area contributed by atoms with Crippen molar-refractivity contribution in [2.45, 2.75) is 19.1 Å². The van der Waals surface area contributed by atoms with Crippen molar-refractivity contribution in [2.75, 3.05) is 11.4 Å². The maximum absolute atomic E-state index is 5.83. The van der Waals surface area contributed by atoms with Crippen LogP contribution < -0.4 is 4.31 Å². The average Bonchev–Trinajstić information content (AvgIpc) is 2.87. The van der Waals surface area contributed by atoms with E-state index in [4.69, 9.17) is 4.74 Å². The second kappa shape index (κ2) is 5.82. The summed E-state index contributed by atoms with van der Waals surface area (Å²) in [7, 11) is 1.90. The van der Waals surface area contributed by atoms with Crippen LogP contribution in [0.15, 0.2) is 59.1 Å². The fraction of sp³-hybridized carbons (Fsp3) is 0.235. The molecule has 1 heterocycles. The molecule has 0 fully saturated rings. The Balaban J connectivity index is 1.68. The lowest BCUT2D eigenvalue weighted by atomic mass is 10.0. The molecule has 0 saturated heterocycles. The molecular formula is C17H18N2OS. The van der Waals surface area contributed by atoms with Gasteiger partial charge in [0.2, 0.25) is 5.90 Å². The monoisotopic (exact) mass is 298 g/mol. The third kappa shape index (κ3) is 3.22. The molecule has 0 saturated carbocycles. The summed E-state index contributed by atoms with van der Waals surface area (Å²) in [4.78, 5) is 4.56. The maximum atomic E-state index is 5.83. The van der Waals surface area contributed by atoms with E-state index in [0.29, 0.717) is 5.90 Å². The minimum atomic E-state index is 0.0508. The number of fused-ring (bicyclic) bond motifs is 1. The predicted octanol–water partition coefficient (Wildman–Crippen LogP) is 3.66. The van der Waals surface area contributed by atoms with Gasteiger partial charge in [0, 0.05) is 18.8 Å². The molecule has 2 aliphatic rings. The van der Waals surface area contributed by atoms with E-state index >= 15 is 0 Å². The Labute approximate surface area is 130 Å². The van der Waals surface area contributed by atoms with Gasteiger partial charge in [0.25, 0.3) is 0 Å². The topological polar surface area (TPSA) is 24.8 Å². The largest absolute Gasteiger partial charge is 0.468 e. The van der Waals surface area contributed by atoms with E-state index in [0.717, 1.165) is 11.3 Å². The summed E-state index contributed by atoms with van der Waals surface area (Å²) in [6.45, 7) is 2.07. The summed E-state index contributed by atoms with van der Waals surface area (Å²) in [5.74, 6) is 0.691. The number of thiol groups is 1. The quantitative estimate of drug-likeness (QED) is 0.861. The highest BCUT2D eigenvalue weighted by Gasteiger charge is 2.27. The number of hydrogen-bond acceptors (Lipinski definition) is 4. The fourth-order valence-electron chi connectivity index (χ4n) is 2.36. The van der Waals surface area contributed by atoms with E-state index in [2.05, 4.69) is 43.0 Å². The van der Waals surface area contributed by atoms with Gasteiger partial charge in [0.15, 0.2) is 0 Å². The highest BCUT2D eigenvalue weighted by atomic mass is 32.1. The van der Waals surface area contributed by atoms with Gasteiger partial charge in [-0.1, -0.05) is 42.7 Å². The second-order valence-corrected chi connectivity index (χ2v) is 5.86. The molecule has 0 spiro atoms. The van der Waals surface area contributed by atoms with E-state index in [1.54, 1.807) is 4.31 Å². The fourth-order valence-corrected chi connectivity index (χ4v) is 2.49. The molecular weight excluding hydrogens is 280 g/mol. The SMILES string of the molecule is CC1=CC2OC(/C=C/c3ccc(N(C)S)cc3)=NC2C=C1. The average molecular weight is 298 g/mol. The number of benzene rings is 1. The lowest BCUT2D eigenvalue weighted by Gasteiger charge is -2.14. The van der Waals surface area contributed by atoms with E-state index < -0.39 is 0 Å². The molecule has 0 N–H and O–H groups in total. The smallest absolute Gasteiger partial charge is 0.209 e. The summed E-state index contributed by atoms with van der Waals surface area (Å²) in [6.07, 6.45) is 10.3. The molecule has 0 aromatic heterocycles. The van der Waals surface area contributed by atoms with Crippen LogP contribution in [0.3, 0.4) is 0 Å². The van der Waals surface area contributed by atoms with E-state index in [1.165, 1.54) is 5.57 Å². The van der Waals surface area contributed by atoms with Crippen molar-refractivity contribution in [3.05, 3.63) is 59.7 Å². The molecule has 108 valence electrons. The lowest BCUT2D eigenvalue weighted by molar-refractivity contribution is 0.255. The molecule has 0 bridgehead atoms. The van der Waals surface area contributed by atoms with Crippen LogP contribution in [0, 0.1) is 0 Å². The molecule has 0 radical (unpaired) electrons. The van der Waals surface area contributed by atoms with Gasteiger partial charge >= 0.3 is 0 Å². The van der Waals surface area contributed by atoms with Crippen LogP contribution in [0.2, 0.25) is 0 Å². The Morgan fingerprint density at radius 1 is 1.24 bits per heavy atom. The lowest BCUT2D eigenvalue weighted by Crippen LogP contribution is -2.20. The van der Waals surface area contributed by atoms with Crippen molar-refractivity contribution in [1.29, 1.82) is 0 Å². The zero-order valence-electron chi connectivity index (χ0n) is 12.1. The van der Waals surface area contributed by atoms with Crippen molar-refractivity contribution in [1.82, 2.24) is 0 Å². The standard InChI is InChI=1S/C17H18N2OS/c1-12-3-9-15-16(11-12)20-17(18-15)10-6-13-4-7-14(8-5-13)19(2)21/h3-11,15-16,21H,1-2H3/b10-6+. The first kappa shape index (κ1) is 14.0. The highest BCUT2D eigenvalue weighted by molar-refractivity contribution is 7.81. The normalized spacial score (nSPS) is 23.6. The summed E-state index contributed by atoms with van der Waals surface area (Å²) >= 11 is 4.26. The van der Waals surface area contributed by atoms with Crippen LogP contribution in [-0.4, -0.2) is 25.1 Å². The van der Waals surface area contributed by atoms with E-state index in [-0.39, 0.29) is 12.1 Å². The van der Waals surface area contributed by atoms with Crippen molar-refractivity contribution in [3.8, 4) is 0 Å². The number of ether oxygens (including phenoxy) is 1. The number of aliphatic imine (C=N–C) groups is 1. The Morgan fingerprint density at radius 2 is 2.00 bits per heavy atom. The van der Waals surface area contributed by atoms with Gasteiger partial charge in [-0.3, -0.25) is 0 Å². The second-order valence-electron chi connectivity index (χ2n) is 5.26. The van der Waals surface area contributed by atoms with Crippen LogP contribution >= 0.6 is 12.8 Å². The number of nitrogens with zero attached hydrogens (tertiary/aromatic N) is 2. The van der Waals surface area contributed by atoms with Gasteiger partial charge in [-0.15, -0.1) is 0 Å². The first-order valence-corrected chi connectivity index (χ1v) is 7.34. The molecule has 4 heteroatoms. The third-order valence-corrected chi connectivity index (χ3v) is 3.77. The molecule has 3 rings (SSSR count). The molecule has 2 atom stereocenters. The minimum Gasteiger partial charge on any atom is -0.468 e. The Morgan fingerprint density at radius 3 is 2.71 bits per heavy atom. The molecule has 1 aliphatic carbocycles. The van der Waals surface area contributed by atoms with Gasteiger partial charge in [-0.25, -0.2) is 4.99 Å². The molecule has 3 nitrogen and oxygen atoms in total. The van der Waals surface area contributed by atoms with Gasteiger partial charge in [-0.2, -0.15) is 0 Å².